The molecule has 1 unspecified atom stereocenters. The second-order valence-corrected chi connectivity index (χ2v) is 3.77. The Kier molecular flexibility index (Phi) is 2.83. The van der Waals surface area contributed by atoms with E-state index in [2.05, 4.69) is 5.32 Å². The second-order valence-electron chi connectivity index (χ2n) is 3.77. The van der Waals surface area contributed by atoms with Gasteiger partial charge in [-0.2, -0.15) is 0 Å². The van der Waals surface area contributed by atoms with Crippen LogP contribution in [0.3, 0.4) is 0 Å². The molecule has 2 saturated heterocycles. The SMILES string of the molecule is NCC1CCOC2(CCNCC2)O1. The van der Waals surface area contributed by atoms with Gasteiger partial charge in [-0.15, -0.1) is 0 Å². The van der Waals surface area contributed by atoms with Crippen LogP contribution >= 0.6 is 0 Å². The van der Waals surface area contributed by atoms with Crippen LogP contribution in [0.15, 0.2) is 0 Å². The van der Waals surface area contributed by atoms with Crippen molar-refractivity contribution in [2.75, 3.05) is 26.2 Å². The number of piperidine rings is 1. The summed E-state index contributed by atoms with van der Waals surface area (Å²) < 4.78 is 11.6. The van der Waals surface area contributed by atoms with E-state index in [1.165, 1.54) is 0 Å². The molecule has 2 heterocycles. The first kappa shape index (κ1) is 9.40. The van der Waals surface area contributed by atoms with Crippen LogP contribution in [-0.2, 0) is 9.47 Å². The van der Waals surface area contributed by atoms with Crippen molar-refractivity contribution < 1.29 is 9.47 Å². The summed E-state index contributed by atoms with van der Waals surface area (Å²) >= 11 is 0. The van der Waals surface area contributed by atoms with Crippen LogP contribution in [0.25, 0.3) is 0 Å². The summed E-state index contributed by atoms with van der Waals surface area (Å²) in [5.41, 5.74) is 5.60. The fraction of sp³-hybridized carbons (Fsp3) is 1.00. The minimum Gasteiger partial charge on any atom is -0.350 e. The summed E-state index contributed by atoms with van der Waals surface area (Å²) in [4.78, 5) is 0. The highest BCUT2D eigenvalue weighted by Gasteiger charge is 2.38. The van der Waals surface area contributed by atoms with Crippen LogP contribution in [0.1, 0.15) is 19.3 Å². The molecule has 2 rings (SSSR count). The fourth-order valence-electron chi connectivity index (χ4n) is 2.01. The van der Waals surface area contributed by atoms with Crippen LogP contribution in [0.2, 0.25) is 0 Å². The molecule has 0 aromatic carbocycles. The molecule has 0 aliphatic carbocycles. The Labute approximate surface area is 78.8 Å². The molecule has 2 fully saturated rings. The Morgan fingerprint density at radius 3 is 2.85 bits per heavy atom. The predicted octanol–water partition coefficient (Wildman–Crippen LogP) is -0.170. The molecule has 2 aliphatic rings. The van der Waals surface area contributed by atoms with Crippen LogP contribution in [0.5, 0.6) is 0 Å². The van der Waals surface area contributed by atoms with Crippen molar-refractivity contribution in [1.82, 2.24) is 5.32 Å². The van der Waals surface area contributed by atoms with Gasteiger partial charge in [-0.25, -0.2) is 0 Å². The lowest BCUT2D eigenvalue weighted by atomic mass is 10.0. The molecule has 13 heavy (non-hydrogen) atoms. The molecule has 0 aromatic heterocycles. The standard InChI is InChI=1S/C9H18N2O2/c10-7-8-1-6-12-9(13-8)2-4-11-5-3-9/h8,11H,1-7,10H2. The van der Waals surface area contributed by atoms with Crippen molar-refractivity contribution in [2.24, 2.45) is 5.73 Å². The lowest BCUT2D eigenvalue weighted by Gasteiger charge is -2.43. The summed E-state index contributed by atoms with van der Waals surface area (Å²) in [5.74, 6) is -0.312. The smallest absolute Gasteiger partial charge is 0.171 e. The first-order chi connectivity index (χ1) is 6.35. The number of hydrogen-bond donors (Lipinski definition) is 2. The zero-order valence-corrected chi connectivity index (χ0v) is 7.92. The van der Waals surface area contributed by atoms with E-state index in [1.54, 1.807) is 0 Å². The van der Waals surface area contributed by atoms with Crippen molar-refractivity contribution >= 4 is 0 Å². The number of rotatable bonds is 1. The molecular weight excluding hydrogens is 168 g/mol. The second kappa shape index (κ2) is 3.92. The van der Waals surface area contributed by atoms with E-state index in [9.17, 15) is 0 Å². The Morgan fingerprint density at radius 1 is 1.38 bits per heavy atom. The molecule has 3 N–H and O–H groups in total. The molecule has 2 aliphatic heterocycles. The molecule has 1 spiro atoms. The summed E-state index contributed by atoms with van der Waals surface area (Å²) in [7, 11) is 0. The highest BCUT2D eigenvalue weighted by molar-refractivity contribution is 4.82. The first-order valence-electron chi connectivity index (χ1n) is 5.07. The first-order valence-corrected chi connectivity index (χ1v) is 5.07. The van der Waals surface area contributed by atoms with Gasteiger partial charge in [0.15, 0.2) is 5.79 Å². The maximum absolute atomic E-state index is 5.88. The van der Waals surface area contributed by atoms with E-state index in [1.807, 2.05) is 0 Å². The van der Waals surface area contributed by atoms with Gasteiger partial charge in [-0.05, 0) is 6.42 Å². The van der Waals surface area contributed by atoms with Gasteiger partial charge in [0.05, 0.1) is 12.7 Å². The molecule has 0 saturated carbocycles. The van der Waals surface area contributed by atoms with Crippen LogP contribution in [-0.4, -0.2) is 38.1 Å². The van der Waals surface area contributed by atoms with Gasteiger partial charge >= 0.3 is 0 Å². The van der Waals surface area contributed by atoms with E-state index >= 15 is 0 Å². The minimum absolute atomic E-state index is 0.201. The average molecular weight is 186 g/mol. The van der Waals surface area contributed by atoms with Gasteiger partial charge < -0.3 is 20.5 Å². The molecule has 4 nitrogen and oxygen atoms in total. The van der Waals surface area contributed by atoms with Gasteiger partial charge in [0, 0.05) is 32.5 Å². The normalized spacial score (nSPS) is 33.5. The van der Waals surface area contributed by atoms with Gasteiger partial charge in [-0.3, -0.25) is 0 Å². The average Bonchev–Trinajstić information content (AvgIpc) is 2.19. The van der Waals surface area contributed by atoms with Crippen molar-refractivity contribution in [1.29, 1.82) is 0 Å². The minimum atomic E-state index is -0.312. The number of nitrogens with one attached hydrogen (secondary N) is 1. The highest BCUT2D eigenvalue weighted by atomic mass is 16.7. The maximum Gasteiger partial charge on any atom is 0.171 e. The Balaban J connectivity index is 1.95. The summed E-state index contributed by atoms with van der Waals surface area (Å²) in [6, 6.07) is 0. The van der Waals surface area contributed by atoms with E-state index in [4.69, 9.17) is 15.2 Å². The molecule has 76 valence electrons. The molecule has 0 aromatic rings. The molecule has 1 atom stereocenters. The largest absolute Gasteiger partial charge is 0.350 e. The zero-order chi connectivity index (χ0) is 9.15. The molecule has 4 heteroatoms. The highest BCUT2D eigenvalue weighted by Crippen LogP contribution is 2.30. The van der Waals surface area contributed by atoms with Crippen molar-refractivity contribution in [3.8, 4) is 0 Å². The van der Waals surface area contributed by atoms with Crippen LogP contribution in [0, 0.1) is 0 Å². The lowest BCUT2D eigenvalue weighted by Crippen LogP contribution is -2.52. The molecule has 0 amide bonds. The van der Waals surface area contributed by atoms with Crippen molar-refractivity contribution in [3.05, 3.63) is 0 Å². The lowest BCUT2D eigenvalue weighted by molar-refractivity contribution is -0.300. The molecule has 0 bridgehead atoms. The monoisotopic (exact) mass is 186 g/mol. The van der Waals surface area contributed by atoms with Crippen molar-refractivity contribution in [2.45, 2.75) is 31.2 Å². The molecule has 0 radical (unpaired) electrons. The quantitative estimate of drug-likeness (QED) is 0.597. The van der Waals surface area contributed by atoms with Gasteiger partial charge in [0.1, 0.15) is 0 Å². The number of nitrogens with two attached hydrogens (primary N) is 1. The van der Waals surface area contributed by atoms with E-state index in [0.29, 0.717) is 6.54 Å². The topological polar surface area (TPSA) is 56.5 Å². The maximum atomic E-state index is 5.88. The number of ether oxygens (including phenoxy) is 2. The van der Waals surface area contributed by atoms with Gasteiger partial charge in [0.25, 0.3) is 0 Å². The van der Waals surface area contributed by atoms with Crippen molar-refractivity contribution in [3.63, 3.8) is 0 Å². The van der Waals surface area contributed by atoms with E-state index < -0.39 is 0 Å². The third-order valence-electron chi connectivity index (χ3n) is 2.81. The van der Waals surface area contributed by atoms with Crippen LogP contribution < -0.4 is 11.1 Å². The Hall–Kier alpha value is -0.160. The Morgan fingerprint density at radius 2 is 2.15 bits per heavy atom. The van der Waals surface area contributed by atoms with E-state index in [-0.39, 0.29) is 11.9 Å². The summed E-state index contributed by atoms with van der Waals surface area (Å²) in [5, 5.41) is 3.30. The fourth-order valence-corrected chi connectivity index (χ4v) is 2.01. The van der Waals surface area contributed by atoms with Crippen LogP contribution in [0.4, 0.5) is 0 Å². The van der Waals surface area contributed by atoms with Gasteiger partial charge in [-0.1, -0.05) is 0 Å². The van der Waals surface area contributed by atoms with E-state index in [0.717, 1.165) is 39.0 Å². The third kappa shape index (κ3) is 2.02. The third-order valence-corrected chi connectivity index (χ3v) is 2.81. The summed E-state index contributed by atoms with van der Waals surface area (Å²) in [6.07, 6.45) is 3.03. The number of hydrogen-bond acceptors (Lipinski definition) is 4. The van der Waals surface area contributed by atoms with Gasteiger partial charge in [0.2, 0.25) is 0 Å². The zero-order valence-electron chi connectivity index (χ0n) is 7.92. The summed E-state index contributed by atoms with van der Waals surface area (Å²) in [6.45, 7) is 3.37. The molecular formula is C9H18N2O2. The predicted molar refractivity (Wildman–Crippen MR) is 49.3 cm³/mol. The Bertz CT molecular complexity index is 163.